The molecular formula is C12H19N3. The molecule has 3 nitrogen and oxygen atoms in total. The molecule has 1 N–H and O–H groups in total. The van der Waals surface area contributed by atoms with Gasteiger partial charge in [0.2, 0.25) is 0 Å². The number of nitrogens with one attached hydrogen (secondary N) is 1. The number of hydrogen-bond acceptors (Lipinski definition) is 2. The van der Waals surface area contributed by atoms with E-state index in [9.17, 15) is 0 Å². The summed E-state index contributed by atoms with van der Waals surface area (Å²) < 4.78 is 1.98. The van der Waals surface area contributed by atoms with Crippen LogP contribution in [0.25, 0.3) is 0 Å². The molecule has 0 aromatic carbocycles. The molecule has 3 heteroatoms. The van der Waals surface area contributed by atoms with Crippen molar-refractivity contribution in [3.8, 4) is 12.3 Å². The molecule has 0 bridgehead atoms. The summed E-state index contributed by atoms with van der Waals surface area (Å²) >= 11 is 0. The third-order valence-electron chi connectivity index (χ3n) is 2.14. The molecule has 1 rings (SSSR count). The van der Waals surface area contributed by atoms with Crippen LogP contribution in [0.1, 0.15) is 31.7 Å². The summed E-state index contributed by atoms with van der Waals surface area (Å²) in [5.41, 5.74) is 1.24. The first-order chi connectivity index (χ1) is 7.36. The van der Waals surface area contributed by atoms with E-state index < -0.39 is 0 Å². The van der Waals surface area contributed by atoms with Crippen LogP contribution in [0.15, 0.2) is 12.4 Å². The Morgan fingerprint density at radius 1 is 1.60 bits per heavy atom. The van der Waals surface area contributed by atoms with Gasteiger partial charge < -0.3 is 5.32 Å². The average molecular weight is 205 g/mol. The van der Waals surface area contributed by atoms with Gasteiger partial charge in [-0.1, -0.05) is 6.92 Å². The molecule has 0 radical (unpaired) electrons. The van der Waals surface area contributed by atoms with Crippen LogP contribution in [0, 0.1) is 12.3 Å². The van der Waals surface area contributed by atoms with Gasteiger partial charge in [-0.3, -0.25) is 4.68 Å². The first-order valence-electron chi connectivity index (χ1n) is 5.52. The summed E-state index contributed by atoms with van der Waals surface area (Å²) in [6.45, 7) is 5.01. The summed E-state index contributed by atoms with van der Waals surface area (Å²) in [7, 11) is 0. The Labute approximate surface area is 91.9 Å². The molecule has 0 saturated carbocycles. The minimum Gasteiger partial charge on any atom is -0.313 e. The zero-order valence-electron chi connectivity index (χ0n) is 9.37. The van der Waals surface area contributed by atoms with E-state index in [1.807, 2.05) is 10.9 Å². The zero-order chi connectivity index (χ0) is 10.9. The number of unbranched alkanes of at least 4 members (excludes halogenated alkanes) is 1. The van der Waals surface area contributed by atoms with Gasteiger partial charge in [-0.25, -0.2) is 0 Å². The van der Waals surface area contributed by atoms with E-state index in [-0.39, 0.29) is 0 Å². The van der Waals surface area contributed by atoms with Gasteiger partial charge in [0.05, 0.1) is 6.20 Å². The average Bonchev–Trinajstić information content (AvgIpc) is 2.66. The number of terminal acetylenes is 1. The van der Waals surface area contributed by atoms with Crippen LogP contribution in [0.3, 0.4) is 0 Å². The lowest BCUT2D eigenvalue weighted by Crippen LogP contribution is -2.14. The van der Waals surface area contributed by atoms with Gasteiger partial charge in [0.25, 0.3) is 0 Å². The smallest absolute Gasteiger partial charge is 0.0534 e. The molecule has 0 saturated heterocycles. The molecule has 82 valence electrons. The van der Waals surface area contributed by atoms with Gasteiger partial charge in [0.15, 0.2) is 0 Å². The Bertz CT molecular complexity index is 309. The van der Waals surface area contributed by atoms with Crippen LogP contribution >= 0.6 is 0 Å². The number of aromatic nitrogens is 2. The van der Waals surface area contributed by atoms with E-state index in [1.165, 1.54) is 5.56 Å². The van der Waals surface area contributed by atoms with Crippen molar-refractivity contribution in [3.05, 3.63) is 18.0 Å². The second-order valence-corrected chi connectivity index (χ2v) is 3.60. The highest BCUT2D eigenvalue weighted by Gasteiger charge is 1.96. The van der Waals surface area contributed by atoms with Crippen molar-refractivity contribution in [1.29, 1.82) is 0 Å². The lowest BCUT2D eigenvalue weighted by molar-refractivity contribution is 0.601. The van der Waals surface area contributed by atoms with Gasteiger partial charge in [0, 0.05) is 31.3 Å². The Morgan fingerprint density at radius 3 is 3.20 bits per heavy atom. The van der Waals surface area contributed by atoms with E-state index in [0.717, 1.165) is 38.9 Å². The molecule has 0 atom stereocenters. The van der Waals surface area contributed by atoms with Crippen molar-refractivity contribution >= 4 is 0 Å². The summed E-state index contributed by atoms with van der Waals surface area (Å²) in [6, 6.07) is 0. The van der Waals surface area contributed by atoms with Crippen molar-refractivity contribution in [2.45, 2.75) is 39.3 Å². The normalized spacial score (nSPS) is 10.1. The molecular weight excluding hydrogens is 186 g/mol. The Hall–Kier alpha value is -1.27. The molecule has 0 spiro atoms. The maximum absolute atomic E-state index is 5.17. The number of nitrogens with zero attached hydrogens (tertiary/aromatic N) is 2. The van der Waals surface area contributed by atoms with Gasteiger partial charge in [-0.15, -0.1) is 12.3 Å². The monoisotopic (exact) mass is 205 g/mol. The predicted octanol–water partition coefficient (Wildman–Crippen LogP) is 1.80. The van der Waals surface area contributed by atoms with Crippen LogP contribution in [0.5, 0.6) is 0 Å². The summed E-state index contributed by atoms with van der Waals surface area (Å²) in [5, 5.41) is 7.61. The molecule has 0 amide bonds. The van der Waals surface area contributed by atoms with Crippen molar-refractivity contribution in [3.63, 3.8) is 0 Å². The van der Waals surface area contributed by atoms with E-state index >= 15 is 0 Å². The van der Waals surface area contributed by atoms with E-state index in [0.29, 0.717) is 0 Å². The minimum atomic E-state index is 0.849. The molecule has 1 aromatic rings. The first-order valence-corrected chi connectivity index (χ1v) is 5.52. The van der Waals surface area contributed by atoms with E-state index in [4.69, 9.17) is 6.42 Å². The summed E-state index contributed by atoms with van der Waals surface area (Å²) in [5.74, 6) is 2.63. The first kappa shape index (κ1) is 11.8. The van der Waals surface area contributed by atoms with Gasteiger partial charge in [-0.05, 0) is 19.4 Å². The van der Waals surface area contributed by atoms with Crippen LogP contribution in [-0.4, -0.2) is 16.3 Å². The van der Waals surface area contributed by atoms with Crippen molar-refractivity contribution in [2.24, 2.45) is 0 Å². The molecule has 0 aliphatic heterocycles. The van der Waals surface area contributed by atoms with E-state index in [1.54, 1.807) is 0 Å². The fourth-order valence-electron chi connectivity index (χ4n) is 1.40. The highest BCUT2D eigenvalue weighted by Crippen LogP contribution is 1.98. The van der Waals surface area contributed by atoms with Gasteiger partial charge in [-0.2, -0.15) is 5.10 Å². The van der Waals surface area contributed by atoms with Crippen molar-refractivity contribution < 1.29 is 0 Å². The Kier molecular flexibility index (Phi) is 5.57. The third kappa shape index (κ3) is 4.66. The number of aryl methyl sites for hydroxylation is 1. The van der Waals surface area contributed by atoms with Crippen LogP contribution in [-0.2, 0) is 13.1 Å². The second-order valence-electron chi connectivity index (χ2n) is 3.60. The third-order valence-corrected chi connectivity index (χ3v) is 2.14. The SMILES string of the molecule is C#CCCCNCc1cnn(CCC)c1. The fourth-order valence-corrected chi connectivity index (χ4v) is 1.40. The van der Waals surface area contributed by atoms with Crippen molar-refractivity contribution in [2.75, 3.05) is 6.54 Å². The molecule has 0 aliphatic carbocycles. The maximum atomic E-state index is 5.17. The van der Waals surface area contributed by atoms with Crippen LogP contribution in [0.4, 0.5) is 0 Å². The van der Waals surface area contributed by atoms with Gasteiger partial charge >= 0.3 is 0 Å². The lowest BCUT2D eigenvalue weighted by Gasteiger charge is -2.00. The van der Waals surface area contributed by atoms with E-state index in [2.05, 4.69) is 29.5 Å². The maximum Gasteiger partial charge on any atom is 0.0534 e. The standard InChI is InChI=1S/C12H19N3/c1-3-5-6-7-13-9-12-10-14-15(11-12)8-4-2/h1,10-11,13H,4-9H2,2H3. The predicted molar refractivity (Wildman–Crippen MR) is 62.3 cm³/mol. The van der Waals surface area contributed by atoms with Crippen LogP contribution < -0.4 is 5.32 Å². The zero-order valence-corrected chi connectivity index (χ0v) is 9.37. The van der Waals surface area contributed by atoms with Crippen molar-refractivity contribution in [1.82, 2.24) is 15.1 Å². The topological polar surface area (TPSA) is 29.9 Å². The fraction of sp³-hybridized carbons (Fsp3) is 0.583. The largest absolute Gasteiger partial charge is 0.313 e. The molecule has 0 fully saturated rings. The molecule has 15 heavy (non-hydrogen) atoms. The Morgan fingerprint density at radius 2 is 2.47 bits per heavy atom. The number of hydrogen-bond donors (Lipinski definition) is 1. The van der Waals surface area contributed by atoms with Crippen LogP contribution in [0.2, 0.25) is 0 Å². The highest BCUT2D eigenvalue weighted by molar-refractivity contribution is 5.03. The summed E-state index contributed by atoms with van der Waals surface area (Å²) in [6.07, 6.45) is 12.2. The molecule has 0 unspecified atom stereocenters. The quantitative estimate of drug-likeness (QED) is 0.543. The van der Waals surface area contributed by atoms with Gasteiger partial charge in [0.1, 0.15) is 0 Å². The molecule has 1 aromatic heterocycles. The lowest BCUT2D eigenvalue weighted by atomic mass is 10.3. The second kappa shape index (κ2) is 7.08. The number of rotatable bonds is 7. The Balaban J connectivity index is 2.17. The minimum absolute atomic E-state index is 0.849. The summed E-state index contributed by atoms with van der Waals surface area (Å²) in [4.78, 5) is 0. The highest BCUT2D eigenvalue weighted by atomic mass is 15.3. The molecule has 0 aliphatic rings. The molecule has 1 heterocycles.